The first kappa shape index (κ1) is 24.6. The Balaban J connectivity index is 1.47. The molecule has 5 heterocycles. The van der Waals surface area contributed by atoms with Gasteiger partial charge in [-0.05, 0) is 83.4 Å². The van der Waals surface area contributed by atoms with E-state index in [2.05, 4.69) is 34.5 Å². The second-order valence-corrected chi connectivity index (χ2v) is 12.3. The maximum absolute atomic E-state index is 15.5. The lowest BCUT2D eigenvalue weighted by molar-refractivity contribution is -0.129. The summed E-state index contributed by atoms with van der Waals surface area (Å²) < 4.78 is 24.5. The Morgan fingerprint density at radius 3 is 2.61 bits per heavy atom. The number of hydrogen-bond donors (Lipinski definition) is 0. The van der Waals surface area contributed by atoms with E-state index in [1.54, 1.807) is 13.1 Å². The first-order valence-electron chi connectivity index (χ1n) is 14.2. The van der Waals surface area contributed by atoms with Gasteiger partial charge in [-0.2, -0.15) is 0 Å². The van der Waals surface area contributed by atoms with Crippen molar-refractivity contribution in [2.75, 3.05) is 20.1 Å². The Hall–Kier alpha value is -2.45. The molecule has 3 saturated carbocycles. The summed E-state index contributed by atoms with van der Waals surface area (Å²) in [6.07, 6.45) is 9.31. The fraction of sp³-hybridized carbons (Fsp3) is 0.621. The van der Waals surface area contributed by atoms with Gasteiger partial charge >= 0.3 is 0 Å². The average molecular weight is 540 g/mol. The van der Waals surface area contributed by atoms with Crippen molar-refractivity contribution < 1.29 is 13.9 Å². The van der Waals surface area contributed by atoms with E-state index in [0.717, 1.165) is 55.4 Å². The van der Waals surface area contributed by atoms with E-state index in [-0.39, 0.29) is 34.8 Å². The van der Waals surface area contributed by atoms with Gasteiger partial charge in [0, 0.05) is 42.8 Å². The quantitative estimate of drug-likeness (QED) is 0.378. The number of nitrogens with zero attached hydrogens (tertiary/aromatic N) is 5. The van der Waals surface area contributed by atoms with Crippen molar-refractivity contribution in [2.45, 2.75) is 83.0 Å². The van der Waals surface area contributed by atoms with Gasteiger partial charge in [0.05, 0.1) is 16.9 Å². The molecule has 0 N–H and O–H groups in total. The highest BCUT2D eigenvalue weighted by molar-refractivity contribution is 6.30. The van der Waals surface area contributed by atoms with E-state index in [4.69, 9.17) is 21.3 Å². The number of carbonyl (C=O) groups is 1. The lowest BCUT2D eigenvalue weighted by Gasteiger charge is -2.40. The second kappa shape index (κ2) is 9.05. The van der Waals surface area contributed by atoms with Crippen molar-refractivity contribution in [3.63, 3.8) is 0 Å². The Labute approximate surface area is 227 Å². The maximum Gasteiger partial charge on any atom is 0.223 e. The summed E-state index contributed by atoms with van der Waals surface area (Å²) in [5, 5.41) is 1.36. The van der Waals surface area contributed by atoms with Crippen molar-refractivity contribution in [3.05, 3.63) is 28.9 Å². The Bertz CT molecular complexity index is 1430. The molecule has 202 valence electrons. The Kier molecular flexibility index (Phi) is 5.85. The molecule has 2 bridgehead atoms. The Morgan fingerprint density at radius 1 is 1.16 bits per heavy atom. The minimum absolute atomic E-state index is 0.00806. The Morgan fingerprint density at radius 2 is 1.92 bits per heavy atom. The molecular weight excluding hydrogens is 505 g/mol. The molecule has 3 aromatic rings. The number of carbonyl (C=O) groups excluding carboxylic acids is 1. The lowest BCUT2D eigenvalue weighted by Crippen LogP contribution is -2.38. The molecule has 5 fully saturated rings. The number of likely N-dealkylation sites (tertiary alicyclic amines) is 2. The lowest BCUT2D eigenvalue weighted by atomic mass is 9.78. The van der Waals surface area contributed by atoms with Gasteiger partial charge in [-0.15, -0.1) is 0 Å². The van der Waals surface area contributed by atoms with E-state index in [1.807, 2.05) is 4.90 Å². The molecule has 9 heteroatoms. The summed E-state index contributed by atoms with van der Waals surface area (Å²) in [5.41, 5.74) is 2.24. The second-order valence-electron chi connectivity index (χ2n) is 12.0. The third kappa shape index (κ3) is 3.59. The highest BCUT2D eigenvalue weighted by Gasteiger charge is 2.50. The van der Waals surface area contributed by atoms with E-state index in [0.29, 0.717) is 29.1 Å². The van der Waals surface area contributed by atoms with Gasteiger partial charge in [0.2, 0.25) is 11.8 Å². The fourth-order valence-electron chi connectivity index (χ4n) is 8.07. The van der Waals surface area contributed by atoms with Crippen LogP contribution in [-0.2, 0) is 4.79 Å². The van der Waals surface area contributed by atoms with Crippen molar-refractivity contribution in [2.24, 2.45) is 11.8 Å². The summed E-state index contributed by atoms with van der Waals surface area (Å²) in [5.74, 6) is 1.13. The number of aromatic nitrogens is 3. The number of pyridine rings is 2. The molecule has 8 rings (SSSR count). The van der Waals surface area contributed by atoms with Crippen molar-refractivity contribution in [1.82, 2.24) is 24.3 Å². The molecule has 3 aliphatic carbocycles. The minimum Gasteiger partial charge on any atom is -0.472 e. The van der Waals surface area contributed by atoms with Crippen molar-refractivity contribution in [1.29, 1.82) is 0 Å². The van der Waals surface area contributed by atoms with Crippen LogP contribution in [0.3, 0.4) is 0 Å². The highest BCUT2D eigenvalue weighted by atomic mass is 35.5. The van der Waals surface area contributed by atoms with Crippen LogP contribution in [0.4, 0.5) is 4.39 Å². The molecule has 6 atom stereocenters. The van der Waals surface area contributed by atoms with Crippen LogP contribution in [0.25, 0.3) is 21.8 Å². The third-order valence-corrected chi connectivity index (χ3v) is 10.2. The van der Waals surface area contributed by atoms with E-state index >= 15 is 4.39 Å². The molecule has 1 unspecified atom stereocenters. The summed E-state index contributed by atoms with van der Waals surface area (Å²) in [7, 11) is 2.13. The van der Waals surface area contributed by atoms with Crippen LogP contribution in [-0.4, -0.2) is 62.5 Å². The largest absolute Gasteiger partial charge is 0.472 e. The summed E-state index contributed by atoms with van der Waals surface area (Å²) >= 11 is 6.15. The molecule has 0 radical (unpaired) electrons. The zero-order valence-corrected chi connectivity index (χ0v) is 23.0. The molecule has 7 nitrogen and oxygen atoms in total. The van der Waals surface area contributed by atoms with Crippen molar-refractivity contribution >= 4 is 39.3 Å². The van der Waals surface area contributed by atoms with Gasteiger partial charge in [-0.1, -0.05) is 11.6 Å². The van der Waals surface area contributed by atoms with Gasteiger partial charge in [0.1, 0.15) is 11.6 Å². The maximum atomic E-state index is 15.5. The normalized spacial score (nSPS) is 29.9. The number of halogens is 2. The monoisotopic (exact) mass is 539 g/mol. The van der Waals surface area contributed by atoms with Gasteiger partial charge in [-0.25, -0.2) is 14.4 Å². The zero-order chi connectivity index (χ0) is 26.3. The van der Waals surface area contributed by atoms with Crippen LogP contribution < -0.4 is 4.74 Å². The zero-order valence-electron chi connectivity index (χ0n) is 22.3. The smallest absolute Gasteiger partial charge is 0.223 e. The molecular formula is C29H35ClFN5O2. The summed E-state index contributed by atoms with van der Waals surface area (Å²) in [4.78, 5) is 25.9. The van der Waals surface area contributed by atoms with Crippen molar-refractivity contribution in [3.8, 4) is 5.88 Å². The molecule has 5 aliphatic rings. The van der Waals surface area contributed by atoms with Gasteiger partial charge in [0.25, 0.3) is 0 Å². The molecule has 2 saturated heterocycles. The highest BCUT2D eigenvalue weighted by Crippen LogP contribution is 2.59. The first-order chi connectivity index (χ1) is 18.3. The van der Waals surface area contributed by atoms with Gasteiger partial charge in [-0.3, -0.25) is 9.69 Å². The molecule has 0 spiro atoms. The predicted octanol–water partition coefficient (Wildman–Crippen LogP) is 5.89. The number of ether oxygens (including phenoxy) is 1. The number of hydrogen-bond acceptors (Lipinski definition) is 5. The third-order valence-electron chi connectivity index (χ3n) is 9.91. The minimum atomic E-state index is -0.612. The van der Waals surface area contributed by atoms with E-state index in [1.165, 1.54) is 19.3 Å². The van der Waals surface area contributed by atoms with Gasteiger partial charge < -0.3 is 14.2 Å². The summed E-state index contributed by atoms with van der Waals surface area (Å²) in [6, 6.07) is 2.79. The average Bonchev–Trinajstić information content (AvgIpc) is 3.69. The number of rotatable bonds is 5. The van der Waals surface area contributed by atoms with E-state index < -0.39 is 5.82 Å². The SMILES string of the molecule is CC(=O)N1CCC[C@@H]1c1cc2c(O[C@@H](C)[C@@H]3CCCN3C)nc3c(F)c(Cl)ncc3c2n1C1[C@@H]2CC[C@H]1C2. The number of fused-ring (bicyclic) bond motifs is 4. The topological polar surface area (TPSA) is 63.5 Å². The summed E-state index contributed by atoms with van der Waals surface area (Å²) in [6.45, 7) is 5.55. The fourth-order valence-corrected chi connectivity index (χ4v) is 8.21. The van der Waals surface area contributed by atoms with Crippen LogP contribution in [0, 0.1) is 17.7 Å². The van der Waals surface area contributed by atoms with Gasteiger partial charge in [0.15, 0.2) is 11.0 Å². The number of likely N-dealkylation sites (N-methyl/N-ethyl adjacent to an activating group) is 1. The van der Waals surface area contributed by atoms with Crippen LogP contribution >= 0.6 is 11.6 Å². The van der Waals surface area contributed by atoms with Crippen LogP contribution in [0.5, 0.6) is 5.88 Å². The number of amides is 1. The van der Waals surface area contributed by atoms with Crippen LogP contribution in [0.15, 0.2) is 12.3 Å². The van der Waals surface area contributed by atoms with Crippen LogP contribution in [0.2, 0.25) is 5.15 Å². The predicted molar refractivity (Wildman–Crippen MR) is 145 cm³/mol. The van der Waals surface area contributed by atoms with E-state index in [9.17, 15) is 4.79 Å². The first-order valence-corrected chi connectivity index (χ1v) is 14.5. The van der Waals surface area contributed by atoms with Crippen LogP contribution in [0.1, 0.15) is 76.6 Å². The molecule has 1 amide bonds. The standard InChI is InChI=1S/C29H35ClFN5O2/c1-15(21-6-4-10-34(21)3)38-29-19-13-23(22-7-5-11-35(22)16(2)37)36(26-17-8-9-18(26)12-17)27(19)20-14-32-28(30)24(31)25(20)33-29/h13-15,17-18,21-22,26H,4-12H2,1-3H3/t15-,17-,18+,21-,22+,26?/m0/s1. The molecule has 0 aromatic carbocycles. The molecule has 38 heavy (non-hydrogen) atoms. The molecule has 2 aliphatic heterocycles. The molecule has 3 aromatic heterocycles.